The molecule has 4 aliphatic rings. The van der Waals surface area contributed by atoms with Gasteiger partial charge in [-0.25, -0.2) is 0 Å². The predicted octanol–water partition coefficient (Wildman–Crippen LogP) is 4.61. The van der Waals surface area contributed by atoms with E-state index in [2.05, 4.69) is 44.2 Å². The van der Waals surface area contributed by atoms with E-state index in [1.165, 1.54) is 27.9 Å². The summed E-state index contributed by atoms with van der Waals surface area (Å²) in [5.74, 6) is 0.459. The van der Waals surface area contributed by atoms with Crippen molar-refractivity contribution in [3.8, 4) is 0 Å². The minimum Gasteiger partial charge on any atom is -0.267 e. The van der Waals surface area contributed by atoms with Crippen LogP contribution in [0.15, 0.2) is 58.2 Å². The molecule has 1 fully saturated rings. The lowest BCUT2D eigenvalue weighted by atomic mass is 9.65. The molecule has 4 rings (SSSR count). The van der Waals surface area contributed by atoms with Crippen molar-refractivity contribution in [1.82, 2.24) is 0 Å². The number of fused-ring (bicyclic) bond motifs is 3. The lowest BCUT2D eigenvalue weighted by Crippen LogP contribution is -2.30. The van der Waals surface area contributed by atoms with E-state index in [9.17, 15) is 8.42 Å². The molecule has 0 N–H and O–H groups in total. The van der Waals surface area contributed by atoms with Gasteiger partial charge in [-0.15, -0.1) is 0 Å². The number of hydrogen-bond donors (Lipinski definition) is 0. The van der Waals surface area contributed by atoms with E-state index >= 15 is 0 Å². The first-order valence-electron chi connectivity index (χ1n) is 9.21. The molecule has 0 aromatic rings. The molecule has 0 bridgehead atoms. The van der Waals surface area contributed by atoms with E-state index in [-0.39, 0.29) is 11.5 Å². The maximum absolute atomic E-state index is 11.4. The zero-order chi connectivity index (χ0) is 17.8. The van der Waals surface area contributed by atoms with Crippen LogP contribution in [0.4, 0.5) is 0 Å². The molecule has 3 nitrogen and oxygen atoms in total. The summed E-state index contributed by atoms with van der Waals surface area (Å²) in [6.45, 7) is 4.42. The highest BCUT2D eigenvalue weighted by Crippen LogP contribution is 2.54. The fraction of sp³-hybridized carbons (Fsp3) is 0.524. The lowest BCUT2D eigenvalue weighted by molar-refractivity contribution is 0.150. The van der Waals surface area contributed by atoms with E-state index < -0.39 is 10.1 Å². The second-order valence-electron chi connectivity index (χ2n) is 7.88. The van der Waals surface area contributed by atoms with E-state index in [1.54, 1.807) is 0 Å². The third kappa shape index (κ3) is 2.80. The SMILES string of the molecule is CC=C1C=CC2=C3CCC4CC(OS(C)(=O)=O)CCC4=C3C=CC12C. The Balaban J connectivity index is 1.67. The van der Waals surface area contributed by atoms with Crippen LogP contribution in [0.5, 0.6) is 0 Å². The quantitative estimate of drug-likeness (QED) is 0.677. The zero-order valence-electron chi connectivity index (χ0n) is 15.2. The molecule has 1 saturated carbocycles. The van der Waals surface area contributed by atoms with Crippen molar-refractivity contribution in [2.45, 2.75) is 52.1 Å². The van der Waals surface area contributed by atoms with Crippen molar-refractivity contribution in [2.24, 2.45) is 11.3 Å². The minimum atomic E-state index is -3.37. The third-order valence-electron chi connectivity index (χ3n) is 6.31. The van der Waals surface area contributed by atoms with Gasteiger partial charge in [0.05, 0.1) is 12.4 Å². The Morgan fingerprint density at radius 1 is 1.20 bits per heavy atom. The summed E-state index contributed by atoms with van der Waals surface area (Å²) in [7, 11) is -3.37. The summed E-state index contributed by atoms with van der Waals surface area (Å²) >= 11 is 0. The normalized spacial score (nSPS) is 35.9. The van der Waals surface area contributed by atoms with Crippen molar-refractivity contribution < 1.29 is 12.6 Å². The molecule has 0 saturated heterocycles. The van der Waals surface area contributed by atoms with Gasteiger partial charge in [0.2, 0.25) is 0 Å². The monoisotopic (exact) mass is 358 g/mol. The molecule has 0 heterocycles. The fourth-order valence-corrected chi connectivity index (χ4v) is 5.80. The van der Waals surface area contributed by atoms with Crippen LogP contribution in [0.1, 0.15) is 46.0 Å². The smallest absolute Gasteiger partial charge is 0.264 e. The molecule has 4 aliphatic carbocycles. The van der Waals surface area contributed by atoms with Gasteiger partial charge < -0.3 is 0 Å². The van der Waals surface area contributed by atoms with E-state index in [0.717, 1.165) is 38.4 Å². The maximum atomic E-state index is 11.4. The molecule has 0 aromatic carbocycles. The van der Waals surface area contributed by atoms with Crippen molar-refractivity contribution in [1.29, 1.82) is 0 Å². The number of hydrogen-bond acceptors (Lipinski definition) is 3. The van der Waals surface area contributed by atoms with Crippen LogP contribution in [0.3, 0.4) is 0 Å². The lowest BCUT2D eigenvalue weighted by Gasteiger charge is -2.40. The summed E-state index contributed by atoms with van der Waals surface area (Å²) in [6, 6.07) is 0. The first-order valence-corrected chi connectivity index (χ1v) is 11.0. The highest BCUT2D eigenvalue weighted by atomic mass is 32.2. The summed E-state index contributed by atoms with van der Waals surface area (Å²) in [4.78, 5) is 0. The first kappa shape index (κ1) is 17.0. The molecule has 0 spiro atoms. The second kappa shape index (κ2) is 5.82. The van der Waals surface area contributed by atoms with Crippen LogP contribution in [-0.2, 0) is 14.3 Å². The van der Waals surface area contributed by atoms with Gasteiger partial charge in [0.25, 0.3) is 10.1 Å². The Labute approximate surface area is 151 Å². The molecular formula is C21H26O3S. The van der Waals surface area contributed by atoms with Crippen molar-refractivity contribution in [2.75, 3.05) is 6.26 Å². The Morgan fingerprint density at radius 2 is 2.00 bits per heavy atom. The van der Waals surface area contributed by atoms with Crippen LogP contribution in [-0.4, -0.2) is 20.8 Å². The highest BCUT2D eigenvalue weighted by molar-refractivity contribution is 7.86. The third-order valence-corrected chi connectivity index (χ3v) is 6.93. The molecule has 3 atom stereocenters. The molecule has 0 radical (unpaired) electrons. The summed E-state index contributed by atoms with van der Waals surface area (Å²) in [6.07, 6.45) is 17.2. The Bertz CT molecular complexity index is 867. The topological polar surface area (TPSA) is 43.4 Å². The largest absolute Gasteiger partial charge is 0.267 e. The molecule has 4 heteroatoms. The van der Waals surface area contributed by atoms with Gasteiger partial charge in [-0.3, -0.25) is 4.18 Å². The maximum Gasteiger partial charge on any atom is 0.264 e. The van der Waals surface area contributed by atoms with Crippen LogP contribution >= 0.6 is 0 Å². The summed E-state index contributed by atoms with van der Waals surface area (Å²) < 4.78 is 28.2. The van der Waals surface area contributed by atoms with Crippen molar-refractivity contribution >= 4 is 10.1 Å². The van der Waals surface area contributed by atoms with Crippen LogP contribution < -0.4 is 0 Å². The van der Waals surface area contributed by atoms with Crippen molar-refractivity contribution in [3.63, 3.8) is 0 Å². The average molecular weight is 359 g/mol. The van der Waals surface area contributed by atoms with Gasteiger partial charge >= 0.3 is 0 Å². The predicted molar refractivity (Wildman–Crippen MR) is 100 cm³/mol. The number of allylic oxidation sites excluding steroid dienone is 10. The van der Waals surface area contributed by atoms with Crippen LogP contribution in [0.2, 0.25) is 0 Å². The van der Waals surface area contributed by atoms with Crippen molar-refractivity contribution in [3.05, 3.63) is 58.2 Å². The van der Waals surface area contributed by atoms with Gasteiger partial charge in [-0.1, -0.05) is 36.0 Å². The van der Waals surface area contributed by atoms with Gasteiger partial charge in [0, 0.05) is 5.41 Å². The van der Waals surface area contributed by atoms with Crippen LogP contribution in [0, 0.1) is 11.3 Å². The fourth-order valence-electron chi connectivity index (χ4n) is 5.13. The number of rotatable bonds is 2. The van der Waals surface area contributed by atoms with Gasteiger partial charge in [0.15, 0.2) is 0 Å². The molecule has 0 aliphatic heterocycles. The summed E-state index contributed by atoms with van der Waals surface area (Å²) in [5.41, 5.74) is 7.30. The minimum absolute atomic E-state index is 0.0254. The Morgan fingerprint density at radius 3 is 2.72 bits per heavy atom. The van der Waals surface area contributed by atoms with Gasteiger partial charge in [-0.2, -0.15) is 8.42 Å². The molecule has 25 heavy (non-hydrogen) atoms. The first-order chi connectivity index (χ1) is 11.8. The van der Waals surface area contributed by atoms with Gasteiger partial charge in [-0.05, 0) is 74.2 Å². The van der Waals surface area contributed by atoms with E-state index in [4.69, 9.17) is 4.18 Å². The zero-order valence-corrected chi connectivity index (χ0v) is 16.0. The Hall–Kier alpha value is -1.39. The van der Waals surface area contributed by atoms with Crippen LogP contribution in [0.25, 0.3) is 0 Å². The standard InChI is InChI=1S/C21H26O3S/c1-4-15-6-10-20-19-8-5-14-13-16(24-25(3,22)23)7-9-17(14)18(19)11-12-21(15,20)2/h4,6,10-12,14,16H,5,7-9,13H2,1-3H3. The van der Waals surface area contributed by atoms with E-state index in [0.29, 0.717) is 5.92 Å². The molecule has 3 unspecified atom stereocenters. The molecular weight excluding hydrogens is 332 g/mol. The molecule has 0 aromatic heterocycles. The Kier molecular flexibility index (Phi) is 3.97. The molecule has 0 amide bonds. The van der Waals surface area contributed by atoms with E-state index in [1.807, 2.05) is 0 Å². The summed E-state index contributed by atoms with van der Waals surface area (Å²) in [5, 5.41) is 0. The second-order valence-corrected chi connectivity index (χ2v) is 9.48. The average Bonchev–Trinajstić information content (AvgIpc) is 2.89. The molecule has 134 valence electrons. The van der Waals surface area contributed by atoms with Gasteiger partial charge in [0.1, 0.15) is 0 Å². The highest BCUT2D eigenvalue weighted by Gasteiger charge is 2.40.